The average molecular weight is 926 g/mol. The van der Waals surface area contributed by atoms with Crippen LogP contribution in [0.4, 0.5) is 30.8 Å². The maximum absolute atomic E-state index is 14.2. The van der Waals surface area contributed by atoms with E-state index in [2.05, 4.69) is 43.7 Å². The smallest absolute Gasteiger partial charge is 0.355 e. The number of anilines is 3. The zero-order valence-electron chi connectivity index (χ0n) is 35.2. The van der Waals surface area contributed by atoms with Crippen molar-refractivity contribution < 1.29 is 32.2 Å². The number of alkyl halides is 4. The molecule has 0 aliphatic heterocycles. The lowest BCUT2D eigenvalue weighted by Crippen LogP contribution is -2.43. The van der Waals surface area contributed by atoms with Gasteiger partial charge in [0.15, 0.2) is 5.82 Å². The number of aryl methyl sites for hydroxylation is 3. The van der Waals surface area contributed by atoms with E-state index in [9.17, 15) is 27.6 Å². The fourth-order valence-corrected chi connectivity index (χ4v) is 6.31. The Morgan fingerprint density at radius 1 is 1.02 bits per heavy atom. The minimum atomic E-state index is -3.12. The number of para-hydroxylation sites is 1. The van der Waals surface area contributed by atoms with Crippen LogP contribution < -0.4 is 21.2 Å². The summed E-state index contributed by atoms with van der Waals surface area (Å²) in [6, 6.07) is 8.07. The van der Waals surface area contributed by atoms with Crippen molar-refractivity contribution in [3.63, 3.8) is 0 Å². The molecule has 0 fully saturated rings. The van der Waals surface area contributed by atoms with Crippen LogP contribution in [0.15, 0.2) is 35.1 Å². The molecule has 2 atom stereocenters. The first-order valence-electron chi connectivity index (χ1n) is 18.8. The minimum absolute atomic E-state index is 0.0223. The summed E-state index contributed by atoms with van der Waals surface area (Å²) >= 11 is 23.4. The molecule has 2 unspecified atom stereocenters. The van der Waals surface area contributed by atoms with Gasteiger partial charge in [-0.2, -0.15) is 28.4 Å². The predicted octanol–water partition coefficient (Wildman–Crippen LogP) is 8.57. The number of hydrogen-bond donors (Lipinski definition) is 2. The SMILES string of the molecule is CCNc1nc(Cl)nc(NC(C)(C)C)n1.CCOC(=O)C(Cl)Cc1cc(-n2nc(C)n(C(F)F)c2=O)c(F)cc1Cl.CCc1cccc(C)c1N(C(=O)CCl)C(C)COC. The summed E-state index contributed by atoms with van der Waals surface area (Å²) in [5.41, 5.74) is 1.74. The van der Waals surface area contributed by atoms with Gasteiger partial charge in [0.05, 0.1) is 24.9 Å². The first kappa shape index (κ1) is 52.0. The maximum Gasteiger partial charge on any atom is 0.355 e. The molecule has 4 rings (SSSR count). The molecule has 0 bridgehead atoms. The number of nitrogens with one attached hydrogen (secondary N) is 2. The molecule has 0 saturated carbocycles. The van der Waals surface area contributed by atoms with Crippen molar-refractivity contribution >= 4 is 75.9 Å². The Morgan fingerprint density at radius 2 is 1.67 bits per heavy atom. The number of nitrogens with zero attached hydrogens (tertiary/aromatic N) is 7. The van der Waals surface area contributed by atoms with Crippen LogP contribution in [0.1, 0.15) is 77.5 Å². The quantitative estimate of drug-likeness (QED) is 0.0869. The lowest BCUT2D eigenvalue weighted by Gasteiger charge is -2.31. The van der Waals surface area contributed by atoms with E-state index in [0.717, 1.165) is 41.9 Å². The van der Waals surface area contributed by atoms with E-state index < -0.39 is 29.4 Å². The van der Waals surface area contributed by atoms with Gasteiger partial charge in [0.1, 0.15) is 22.8 Å². The summed E-state index contributed by atoms with van der Waals surface area (Å²) in [4.78, 5) is 49.8. The van der Waals surface area contributed by atoms with Crippen molar-refractivity contribution in [1.29, 1.82) is 0 Å². The van der Waals surface area contributed by atoms with E-state index in [1.54, 1.807) is 18.9 Å². The normalized spacial score (nSPS) is 12.1. The van der Waals surface area contributed by atoms with Crippen molar-refractivity contribution in [3.05, 3.63) is 79.5 Å². The highest BCUT2D eigenvalue weighted by molar-refractivity contribution is 6.32. The fourth-order valence-electron chi connectivity index (χ4n) is 5.57. The molecule has 21 heteroatoms. The molecule has 1 amide bonds. The number of aromatic nitrogens is 6. The Kier molecular flexibility index (Phi) is 21.1. The average Bonchev–Trinajstić information content (AvgIpc) is 3.46. The van der Waals surface area contributed by atoms with E-state index in [1.165, 1.54) is 6.92 Å². The van der Waals surface area contributed by atoms with Gasteiger partial charge in [0.2, 0.25) is 23.1 Å². The predicted molar refractivity (Wildman–Crippen MR) is 231 cm³/mol. The van der Waals surface area contributed by atoms with Gasteiger partial charge in [-0.15, -0.1) is 28.3 Å². The van der Waals surface area contributed by atoms with Crippen LogP contribution in [0.5, 0.6) is 0 Å². The number of carbonyl (C=O) groups is 2. The monoisotopic (exact) mass is 923 g/mol. The standard InChI is InChI=1S/C15H14Cl2F3N3O3.C15H22ClNO2.C9H16ClN5/c1-3-26-13(24)10(17)4-8-5-12(11(18)6-9(8)16)23-15(25)22(14(19)20)7(2)21-23;1-5-13-8-6-7-11(2)15(13)17(14(18)9-16)12(3)10-19-4;1-5-11-7-12-6(10)13-8(14-7)15-9(2,3)4/h5-6,10,14H,3-4H2,1-2H3;6-8,12H,5,9-10H2,1-4H3;5H2,1-4H3,(H2,11,12,13,14,15). The first-order valence-corrected chi connectivity index (χ1v) is 20.5. The molecule has 2 aromatic carbocycles. The highest BCUT2D eigenvalue weighted by atomic mass is 35.5. The van der Waals surface area contributed by atoms with E-state index in [-0.39, 0.29) is 68.3 Å². The number of ether oxygens (including phenoxy) is 2. The third-order valence-corrected chi connectivity index (χ3v) is 9.15. The van der Waals surface area contributed by atoms with Gasteiger partial charge >= 0.3 is 18.2 Å². The van der Waals surface area contributed by atoms with Gasteiger partial charge in [-0.05, 0) is 102 Å². The third kappa shape index (κ3) is 15.1. The molecule has 2 aromatic heterocycles. The van der Waals surface area contributed by atoms with Gasteiger partial charge in [-0.25, -0.2) is 13.8 Å². The Bertz CT molecular complexity index is 2100. The van der Waals surface area contributed by atoms with Crippen LogP contribution in [-0.2, 0) is 31.9 Å². The molecule has 2 N–H and O–H groups in total. The number of rotatable bonds is 15. The molecular weight excluding hydrogens is 873 g/mol. The van der Waals surface area contributed by atoms with Crippen LogP contribution in [0.25, 0.3) is 5.69 Å². The van der Waals surface area contributed by atoms with Gasteiger partial charge in [0, 0.05) is 30.6 Å². The fraction of sp³-hybridized carbons (Fsp3) is 0.513. The summed E-state index contributed by atoms with van der Waals surface area (Å²) in [6.07, 6.45) is 0.762. The number of halogens is 7. The van der Waals surface area contributed by atoms with E-state index in [4.69, 9.17) is 55.9 Å². The largest absolute Gasteiger partial charge is 0.465 e. The van der Waals surface area contributed by atoms with E-state index in [1.807, 2.05) is 53.7 Å². The zero-order chi connectivity index (χ0) is 45.5. The zero-order valence-corrected chi connectivity index (χ0v) is 38.2. The molecule has 2 heterocycles. The Hall–Kier alpha value is -4.16. The Labute approximate surface area is 368 Å². The van der Waals surface area contributed by atoms with Crippen molar-refractivity contribution in [2.45, 2.75) is 98.7 Å². The second-order valence-corrected chi connectivity index (χ2v) is 15.5. The highest BCUT2D eigenvalue weighted by Gasteiger charge is 2.26. The van der Waals surface area contributed by atoms with Crippen molar-refractivity contribution in [3.8, 4) is 5.69 Å². The molecule has 60 heavy (non-hydrogen) atoms. The lowest BCUT2D eigenvalue weighted by atomic mass is 10.0. The van der Waals surface area contributed by atoms with Gasteiger partial charge in [0.25, 0.3) is 0 Å². The number of esters is 1. The molecule has 0 radical (unpaired) electrons. The number of amides is 1. The molecule has 14 nitrogen and oxygen atoms in total. The first-order chi connectivity index (χ1) is 28.1. The summed E-state index contributed by atoms with van der Waals surface area (Å²) in [7, 11) is 1.64. The van der Waals surface area contributed by atoms with E-state index in [0.29, 0.717) is 23.2 Å². The Morgan fingerprint density at radius 3 is 2.20 bits per heavy atom. The molecule has 4 aromatic rings. The van der Waals surface area contributed by atoms with Crippen molar-refractivity contribution in [1.82, 2.24) is 29.3 Å². The molecule has 0 aliphatic carbocycles. The van der Waals surface area contributed by atoms with Crippen molar-refractivity contribution in [2.75, 3.05) is 48.3 Å². The highest BCUT2D eigenvalue weighted by Crippen LogP contribution is 2.29. The second-order valence-electron chi connectivity index (χ2n) is 14.0. The second kappa shape index (κ2) is 24.3. The maximum atomic E-state index is 14.2. The summed E-state index contributed by atoms with van der Waals surface area (Å²) < 4.78 is 50.7. The topological polar surface area (TPSA) is 158 Å². The van der Waals surface area contributed by atoms with Gasteiger partial charge < -0.3 is 25.0 Å². The van der Waals surface area contributed by atoms with Crippen LogP contribution >= 0.6 is 46.4 Å². The molecule has 0 aliphatic rings. The number of benzene rings is 2. The molecular formula is C39H52Cl4F3N9O5. The minimum Gasteiger partial charge on any atom is -0.465 e. The lowest BCUT2D eigenvalue weighted by molar-refractivity contribution is -0.142. The van der Waals surface area contributed by atoms with Crippen LogP contribution in [-0.4, -0.2) is 90.9 Å². The molecule has 0 spiro atoms. The summed E-state index contributed by atoms with van der Waals surface area (Å²) in [5, 5.41) is 8.83. The van der Waals surface area contributed by atoms with E-state index >= 15 is 0 Å². The number of carbonyl (C=O) groups excluding carboxylic acids is 2. The Balaban J connectivity index is 0.000000323. The van der Waals surface area contributed by atoms with Crippen LogP contribution in [0.2, 0.25) is 10.3 Å². The number of methoxy groups -OCH3 is 1. The molecule has 332 valence electrons. The summed E-state index contributed by atoms with van der Waals surface area (Å²) in [5.74, 6) is -1.06. The summed E-state index contributed by atoms with van der Waals surface area (Å²) in [6.45, 7) is 15.2. The van der Waals surface area contributed by atoms with Gasteiger partial charge in [-0.3, -0.25) is 9.59 Å². The third-order valence-electron chi connectivity index (χ3n) is 8.07. The molecule has 0 saturated heterocycles. The number of hydrogen-bond acceptors (Lipinski definition) is 11. The van der Waals surface area contributed by atoms with Gasteiger partial charge in [-0.1, -0.05) is 36.7 Å². The van der Waals surface area contributed by atoms with Crippen molar-refractivity contribution in [2.24, 2.45) is 0 Å². The van der Waals surface area contributed by atoms with Crippen LogP contribution in [0, 0.1) is 19.7 Å². The van der Waals surface area contributed by atoms with Crippen LogP contribution in [0.3, 0.4) is 0 Å².